The van der Waals surface area contributed by atoms with E-state index >= 15 is 0 Å². The summed E-state index contributed by atoms with van der Waals surface area (Å²) < 4.78 is 0. The normalized spacial score (nSPS) is 35.8. The third-order valence-electron chi connectivity index (χ3n) is 3.03. The van der Waals surface area contributed by atoms with Gasteiger partial charge in [-0.1, -0.05) is 20.3 Å². The summed E-state index contributed by atoms with van der Waals surface area (Å²) in [6, 6.07) is 0. The average Bonchev–Trinajstić information content (AvgIpc) is 2.32. The van der Waals surface area contributed by atoms with Crippen LogP contribution < -0.4 is 11.5 Å². The predicted molar refractivity (Wildman–Crippen MR) is 48.3 cm³/mol. The van der Waals surface area contributed by atoms with Crippen LogP contribution >= 0.6 is 0 Å². The monoisotopic (exact) mass is 170 g/mol. The van der Waals surface area contributed by atoms with Gasteiger partial charge in [0.15, 0.2) is 0 Å². The van der Waals surface area contributed by atoms with Crippen LogP contribution in [0, 0.1) is 11.8 Å². The average molecular weight is 170 g/mol. The first-order valence-electron chi connectivity index (χ1n) is 4.57. The van der Waals surface area contributed by atoms with Crippen molar-refractivity contribution in [2.75, 3.05) is 0 Å². The van der Waals surface area contributed by atoms with Gasteiger partial charge in [-0.2, -0.15) is 0 Å². The van der Waals surface area contributed by atoms with Crippen molar-refractivity contribution in [3.63, 3.8) is 0 Å². The highest BCUT2D eigenvalue weighted by Gasteiger charge is 2.45. The van der Waals surface area contributed by atoms with Crippen molar-refractivity contribution in [2.45, 2.75) is 38.6 Å². The van der Waals surface area contributed by atoms with Crippen molar-refractivity contribution >= 4 is 5.91 Å². The van der Waals surface area contributed by atoms with Gasteiger partial charge in [-0.3, -0.25) is 4.79 Å². The third kappa shape index (κ3) is 1.33. The van der Waals surface area contributed by atoms with Crippen molar-refractivity contribution in [2.24, 2.45) is 23.3 Å². The van der Waals surface area contributed by atoms with Crippen LogP contribution in [-0.2, 0) is 4.79 Å². The maximum absolute atomic E-state index is 11.1. The molecule has 1 rings (SSSR count). The van der Waals surface area contributed by atoms with E-state index in [2.05, 4.69) is 13.8 Å². The van der Waals surface area contributed by atoms with Crippen molar-refractivity contribution in [3.05, 3.63) is 0 Å². The standard InChI is InChI=1S/C9H18N2O/c1-6(2)7-4-3-5-9(7,11)8(10)12/h6-7H,3-5,11H2,1-2H3,(H2,10,12). The van der Waals surface area contributed by atoms with E-state index in [1.54, 1.807) is 0 Å². The highest BCUT2D eigenvalue weighted by molar-refractivity contribution is 5.85. The van der Waals surface area contributed by atoms with Gasteiger partial charge >= 0.3 is 0 Å². The van der Waals surface area contributed by atoms with E-state index in [1.807, 2.05) is 0 Å². The summed E-state index contributed by atoms with van der Waals surface area (Å²) >= 11 is 0. The molecule has 2 atom stereocenters. The molecule has 0 aromatic rings. The van der Waals surface area contributed by atoms with E-state index in [0.29, 0.717) is 5.92 Å². The SMILES string of the molecule is CC(C)C1CCCC1(N)C(N)=O. The van der Waals surface area contributed by atoms with Crippen LogP contribution in [0.4, 0.5) is 0 Å². The van der Waals surface area contributed by atoms with Crippen LogP contribution in [0.5, 0.6) is 0 Å². The molecule has 2 unspecified atom stereocenters. The fourth-order valence-corrected chi connectivity index (χ4v) is 2.29. The van der Waals surface area contributed by atoms with E-state index in [4.69, 9.17) is 11.5 Å². The topological polar surface area (TPSA) is 69.1 Å². The number of nitrogens with two attached hydrogens (primary N) is 2. The molecule has 1 aliphatic rings. The fourth-order valence-electron chi connectivity index (χ4n) is 2.29. The zero-order valence-electron chi connectivity index (χ0n) is 7.84. The molecule has 70 valence electrons. The number of carbonyl (C=O) groups excluding carboxylic acids is 1. The molecule has 0 saturated heterocycles. The molecular weight excluding hydrogens is 152 g/mol. The zero-order valence-corrected chi connectivity index (χ0v) is 7.84. The largest absolute Gasteiger partial charge is 0.368 e. The second-order valence-corrected chi connectivity index (χ2v) is 4.15. The Labute approximate surface area is 73.5 Å². The molecule has 0 spiro atoms. The summed E-state index contributed by atoms with van der Waals surface area (Å²) in [5, 5.41) is 0. The molecule has 1 fully saturated rings. The van der Waals surface area contributed by atoms with Gasteiger partial charge in [0.1, 0.15) is 0 Å². The Bertz CT molecular complexity index is 191. The number of primary amides is 1. The van der Waals surface area contributed by atoms with Gasteiger partial charge in [0.2, 0.25) is 5.91 Å². The van der Waals surface area contributed by atoms with E-state index < -0.39 is 5.54 Å². The predicted octanol–water partition coefficient (Wildman–Crippen LogP) is 0.625. The van der Waals surface area contributed by atoms with Crippen molar-refractivity contribution < 1.29 is 4.79 Å². The Morgan fingerprint density at radius 3 is 2.50 bits per heavy atom. The summed E-state index contributed by atoms with van der Waals surface area (Å²) in [6.45, 7) is 4.20. The molecule has 1 saturated carbocycles. The lowest BCUT2D eigenvalue weighted by Gasteiger charge is -2.30. The van der Waals surface area contributed by atoms with Gasteiger partial charge in [0, 0.05) is 0 Å². The molecule has 4 N–H and O–H groups in total. The molecular formula is C9H18N2O. The Kier molecular flexibility index (Phi) is 2.42. The molecule has 0 aliphatic heterocycles. The maximum Gasteiger partial charge on any atom is 0.237 e. The van der Waals surface area contributed by atoms with Crippen LogP contribution in [0.15, 0.2) is 0 Å². The quantitative estimate of drug-likeness (QED) is 0.638. The van der Waals surface area contributed by atoms with E-state index in [1.165, 1.54) is 0 Å². The number of amides is 1. The van der Waals surface area contributed by atoms with Crippen LogP contribution in [0.3, 0.4) is 0 Å². The van der Waals surface area contributed by atoms with Gasteiger partial charge < -0.3 is 11.5 Å². The van der Waals surface area contributed by atoms with Gasteiger partial charge in [-0.05, 0) is 24.7 Å². The molecule has 0 bridgehead atoms. The molecule has 0 heterocycles. The van der Waals surface area contributed by atoms with Gasteiger partial charge in [0.25, 0.3) is 0 Å². The molecule has 0 aromatic heterocycles. The highest BCUT2D eigenvalue weighted by atomic mass is 16.1. The minimum absolute atomic E-state index is 0.273. The van der Waals surface area contributed by atoms with Crippen LogP contribution in [0.1, 0.15) is 33.1 Å². The fraction of sp³-hybridized carbons (Fsp3) is 0.889. The molecule has 1 amide bonds. The third-order valence-corrected chi connectivity index (χ3v) is 3.03. The Hall–Kier alpha value is -0.570. The second kappa shape index (κ2) is 3.05. The summed E-state index contributed by atoms with van der Waals surface area (Å²) in [5.74, 6) is 0.388. The number of hydrogen-bond acceptors (Lipinski definition) is 2. The smallest absolute Gasteiger partial charge is 0.237 e. The first kappa shape index (κ1) is 9.52. The van der Waals surface area contributed by atoms with Gasteiger partial charge in [-0.25, -0.2) is 0 Å². The Morgan fingerprint density at radius 1 is 1.58 bits per heavy atom. The first-order valence-corrected chi connectivity index (χ1v) is 4.57. The van der Waals surface area contributed by atoms with Crippen LogP contribution in [-0.4, -0.2) is 11.4 Å². The van der Waals surface area contributed by atoms with Crippen molar-refractivity contribution in [1.29, 1.82) is 0 Å². The van der Waals surface area contributed by atoms with Crippen molar-refractivity contribution in [1.82, 2.24) is 0 Å². The van der Waals surface area contributed by atoms with E-state index in [-0.39, 0.29) is 11.8 Å². The molecule has 0 aromatic carbocycles. The molecule has 3 nitrogen and oxygen atoms in total. The summed E-state index contributed by atoms with van der Waals surface area (Å²) in [7, 11) is 0. The van der Waals surface area contributed by atoms with Crippen molar-refractivity contribution in [3.8, 4) is 0 Å². The van der Waals surface area contributed by atoms with Crippen LogP contribution in [0.25, 0.3) is 0 Å². The Balaban J connectivity index is 2.81. The Morgan fingerprint density at radius 2 is 2.17 bits per heavy atom. The minimum Gasteiger partial charge on any atom is -0.368 e. The lowest BCUT2D eigenvalue weighted by Crippen LogP contribution is -2.55. The summed E-state index contributed by atoms with van der Waals surface area (Å²) in [4.78, 5) is 11.1. The molecule has 0 radical (unpaired) electrons. The summed E-state index contributed by atoms with van der Waals surface area (Å²) in [5.41, 5.74) is 10.5. The minimum atomic E-state index is -0.728. The van der Waals surface area contributed by atoms with E-state index in [9.17, 15) is 4.79 Å². The second-order valence-electron chi connectivity index (χ2n) is 4.15. The molecule has 1 aliphatic carbocycles. The lowest BCUT2D eigenvalue weighted by molar-refractivity contribution is -0.124. The highest BCUT2D eigenvalue weighted by Crippen LogP contribution is 2.38. The van der Waals surface area contributed by atoms with Gasteiger partial charge in [0.05, 0.1) is 5.54 Å². The number of carbonyl (C=O) groups is 1. The molecule has 3 heteroatoms. The zero-order chi connectivity index (χ0) is 9.35. The van der Waals surface area contributed by atoms with Gasteiger partial charge in [-0.15, -0.1) is 0 Å². The molecule has 12 heavy (non-hydrogen) atoms. The maximum atomic E-state index is 11.1. The summed E-state index contributed by atoms with van der Waals surface area (Å²) in [6.07, 6.45) is 2.82. The number of rotatable bonds is 2. The lowest BCUT2D eigenvalue weighted by atomic mass is 9.80. The number of hydrogen-bond donors (Lipinski definition) is 2. The van der Waals surface area contributed by atoms with Crippen LogP contribution in [0.2, 0.25) is 0 Å². The van der Waals surface area contributed by atoms with E-state index in [0.717, 1.165) is 19.3 Å². The first-order chi connectivity index (χ1) is 5.48.